The van der Waals surface area contributed by atoms with Crippen LogP contribution in [0.5, 0.6) is 5.75 Å². The number of aromatic nitrogens is 1. The van der Waals surface area contributed by atoms with Crippen molar-refractivity contribution in [3.63, 3.8) is 0 Å². The number of alkyl halides is 3. The van der Waals surface area contributed by atoms with Gasteiger partial charge in [-0.05, 0) is 12.1 Å². The smallest absolute Gasteiger partial charge is 0.404 e. The molecule has 1 rings (SSSR count). The van der Waals surface area contributed by atoms with Gasteiger partial charge in [-0.3, -0.25) is 4.98 Å². The van der Waals surface area contributed by atoms with E-state index in [2.05, 4.69) is 4.98 Å². The predicted octanol–water partition coefficient (Wildman–Crippen LogP) is 1.52. The molecule has 84 valence electrons. The largest absolute Gasteiger partial charge is 0.495 e. The Morgan fingerprint density at radius 2 is 2.20 bits per heavy atom. The van der Waals surface area contributed by atoms with Crippen molar-refractivity contribution in [2.75, 3.05) is 7.11 Å². The summed E-state index contributed by atoms with van der Waals surface area (Å²) in [4.78, 5) is 3.80. The standard InChI is InChI=1S/C9H11F3N2O/c1-15-7-3-2-4-14-6(7)5-8(13)9(10,11)12/h2-4,8H,5,13H2,1H3. The Morgan fingerprint density at radius 3 is 2.73 bits per heavy atom. The second kappa shape index (κ2) is 4.48. The fourth-order valence-electron chi connectivity index (χ4n) is 1.09. The predicted molar refractivity (Wildman–Crippen MR) is 48.5 cm³/mol. The Kier molecular flexibility index (Phi) is 3.52. The van der Waals surface area contributed by atoms with Crippen LogP contribution in [0.1, 0.15) is 5.69 Å². The summed E-state index contributed by atoms with van der Waals surface area (Å²) in [5.74, 6) is 0.317. The Balaban J connectivity index is 2.80. The summed E-state index contributed by atoms with van der Waals surface area (Å²) in [6.45, 7) is 0. The first-order valence-electron chi connectivity index (χ1n) is 4.25. The summed E-state index contributed by atoms with van der Waals surface area (Å²) >= 11 is 0. The van der Waals surface area contributed by atoms with Crippen LogP contribution in [0.2, 0.25) is 0 Å². The van der Waals surface area contributed by atoms with Gasteiger partial charge in [0.2, 0.25) is 0 Å². The highest BCUT2D eigenvalue weighted by atomic mass is 19.4. The van der Waals surface area contributed by atoms with Crippen molar-refractivity contribution in [2.24, 2.45) is 5.73 Å². The van der Waals surface area contributed by atoms with Crippen molar-refractivity contribution in [1.82, 2.24) is 4.98 Å². The molecule has 0 aromatic carbocycles. The van der Waals surface area contributed by atoms with Gasteiger partial charge in [0.25, 0.3) is 0 Å². The van der Waals surface area contributed by atoms with Gasteiger partial charge in [0.15, 0.2) is 0 Å². The minimum absolute atomic E-state index is 0.213. The summed E-state index contributed by atoms with van der Waals surface area (Å²) in [7, 11) is 1.37. The highest BCUT2D eigenvalue weighted by Crippen LogP contribution is 2.24. The molecule has 1 unspecified atom stereocenters. The van der Waals surface area contributed by atoms with Crippen molar-refractivity contribution in [3.8, 4) is 5.75 Å². The molecule has 0 amide bonds. The molecule has 1 aromatic heterocycles. The van der Waals surface area contributed by atoms with Gasteiger partial charge in [0.05, 0.1) is 12.8 Å². The first-order chi connectivity index (χ1) is 6.95. The van der Waals surface area contributed by atoms with Crippen LogP contribution in [-0.2, 0) is 6.42 Å². The van der Waals surface area contributed by atoms with Crippen LogP contribution in [0.15, 0.2) is 18.3 Å². The van der Waals surface area contributed by atoms with Crippen molar-refractivity contribution >= 4 is 0 Å². The molecule has 0 aliphatic carbocycles. The molecular weight excluding hydrogens is 209 g/mol. The zero-order valence-corrected chi connectivity index (χ0v) is 8.08. The number of hydrogen-bond acceptors (Lipinski definition) is 3. The monoisotopic (exact) mass is 220 g/mol. The Morgan fingerprint density at radius 1 is 1.53 bits per heavy atom. The maximum absolute atomic E-state index is 12.2. The van der Waals surface area contributed by atoms with E-state index in [1.165, 1.54) is 13.3 Å². The molecule has 0 aliphatic rings. The zero-order chi connectivity index (χ0) is 11.5. The van der Waals surface area contributed by atoms with Crippen molar-refractivity contribution in [2.45, 2.75) is 18.6 Å². The molecule has 0 fully saturated rings. The lowest BCUT2D eigenvalue weighted by molar-refractivity contribution is -0.147. The van der Waals surface area contributed by atoms with E-state index in [0.29, 0.717) is 5.75 Å². The van der Waals surface area contributed by atoms with Crippen LogP contribution < -0.4 is 10.5 Å². The van der Waals surface area contributed by atoms with Crippen LogP contribution in [0.3, 0.4) is 0 Å². The Bertz CT molecular complexity index is 327. The van der Waals surface area contributed by atoms with Crippen LogP contribution in [0.4, 0.5) is 13.2 Å². The third kappa shape index (κ3) is 3.09. The first kappa shape index (κ1) is 11.8. The van der Waals surface area contributed by atoms with Gasteiger partial charge in [0, 0.05) is 12.6 Å². The van der Waals surface area contributed by atoms with Gasteiger partial charge < -0.3 is 10.5 Å². The Labute approximate surface area is 85.1 Å². The van der Waals surface area contributed by atoms with Gasteiger partial charge in [-0.2, -0.15) is 13.2 Å². The summed E-state index contributed by atoms with van der Waals surface area (Å²) in [5.41, 5.74) is 5.20. The molecule has 1 aromatic rings. The highest BCUT2D eigenvalue weighted by molar-refractivity contribution is 5.27. The fourth-order valence-corrected chi connectivity index (χ4v) is 1.09. The quantitative estimate of drug-likeness (QED) is 0.840. The summed E-state index contributed by atoms with van der Waals surface area (Å²) in [5, 5.41) is 0. The van der Waals surface area contributed by atoms with E-state index < -0.39 is 12.2 Å². The van der Waals surface area contributed by atoms with Gasteiger partial charge in [-0.15, -0.1) is 0 Å². The number of nitrogens with two attached hydrogens (primary N) is 1. The summed E-state index contributed by atoms with van der Waals surface area (Å²) < 4.78 is 41.4. The molecule has 0 bridgehead atoms. The SMILES string of the molecule is COc1cccnc1CC(N)C(F)(F)F. The third-order valence-electron chi connectivity index (χ3n) is 1.90. The normalized spacial score (nSPS) is 13.7. The van der Waals surface area contributed by atoms with Crippen LogP contribution in [0.25, 0.3) is 0 Å². The number of ether oxygens (including phenoxy) is 1. The second-order valence-corrected chi connectivity index (χ2v) is 3.00. The molecule has 15 heavy (non-hydrogen) atoms. The number of hydrogen-bond donors (Lipinski definition) is 1. The van der Waals surface area contributed by atoms with Gasteiger partial charge >= 0.3 is 6.18 Å². The topological polar surface area (TPSA) is 48.1 Å². The van der Waals surface area contributed by atoms with Crippen molar-refractivity contribution < 1.29 is 17.9 Å². The molecular formula is C9H11F3N2O. The van der Waals surface area contributed by atoms with Crippen molar-refractivity contribution in [1.29, 1.82) is 0 Å². The van der Waals surface area contributed by atoms with E-state index in [1.807, 2.05) is 0 Å². The maximum Gasteiger partial charge on any atom is 0.404 e. The lowest BCUT2D eigenvalue weighted by Crippen LogP contribution is -2.39. The van der Waals surface area contributed by atoms with Crippen molar-refractivity contribution in [3.05, 3.63) is 24.0 Å². The molecule has 2 N–H and O–H groups in total. The van der Waals surface area contributed by atoms with Gasteiger partial charge in [-0.25, -0.2) is 0 Å². The van der Waals surface area contributed by atoms with Crippen LogP contribution >= 0.6 is 0 Å². The number of halogens is 3. The number of pyridine rings is 1. The number of nitrogens with zero attached hydrogens (tertiary/aromatic N) is 1. The molecule has 0 aliphatic heterocycles. The van der Waals surface area contributed by atoms with E-state index in [9.17, 15) is 13.2 Å². The van der Waals surface area contributed by atoms with Crippen LogP contribution in [0, 0.1) is 0 Å². The summed E-state index contributed by atoms with van der Waals surface area (Å²) in [6.07, 6.45) is -3.39. The molecule has 0 spiro atoms. The van der Waals surface area contributed by atoms with E-state index in [4.69, 9.17) is 10.5 Å². The zero-order valence-electron chi connectivity index (χ0n) is 8.08. The molecule has 1 heterocycles. The van der Waals surface area contributed by atoms with E-state index in [-0.39, 0.29) is 12.1 Å². The van der Waals surface area contributed by atoms with E-state index >= 15 is 0 Å². The molecule has 0 radical (unpaired) electrons. The minimum atomic E-state index is -4.41. The van der Waals surface area contributed by atoms with Gasteiger partial charge in [-0.1, -0.05) is 0 Å². The van der Waals surface area contributed by atoms with Crippen LogP contribution in [-0.4, -0.2) is 24.3 Å². The molecule has 3 nitrogen and oxygen atoms in total. The third-order valence-corrected chi connectivity index (χ3v) is 1.90. The fraction of sp³-hybridized carbons (Fsp3) is 0.444. The summed E-state index contributed by atoms with van der Waals surface area (Å²) in [6, 6.07) is 1.22. The lowest BCUT2D eigenvalue weighted by Gasteiger charge is -2.16. The van der Waals surface area contributed by atoms with E-state index in [1.54, 1.807) is 12.1 Å². The second-order valence-electron chi connectivity index (χ2n) is 3.00. The highest BCUT2D eigenvalue weighted by Gasteiger charge is 2.37. The molecule has 0 saturated carbocycles. The first-order valence-corrected chi connectivity index (χ1v) is 4.25. The maximum atomic E-state index is 12.2. The van der Waals surface area contributed by atoms with E-state index in [0.717, 1.165) is 0 Å². The molecule has 1 atom stereocenters. The average molecular weight is 220 g/mol. The number of rotatable bonds is 3. The minimum Gasteiger partial charge on any atom is -0.495 e. The Hall–Kier alpha value is -1.30. The number of methoxy groups -OCH3 is 1. The van der Waals surface area contributed by atoms with Gasteiger partial charge in [0.1, 0.15) is 11.8 Å². The average Bonchev–Trinajstić information content (AvgIpc) is 2.17. The lowest BCUT2D eigenvalue weighted by atomic mass is 10.1. The molecule has 0 saturated heterocycles. The molecule has 6 heteroatoms.